The lowest BCUT2D eigenvalue weighted by Crippen LogP contribution is -2.43. The number of aromatic nitrogens is 2. The molecule has 1 aromatic carbocycles. The van der Waals surface area contributed by atoms with Gasteiger partial charge in [0.05, 0.1) is 0 Å². The largest absolute Gasteiger partial charge is 0.480 e. The highest BCUT2D eigenvalue weighted by molar-refractivity contribution is 5.73. The van der Waals surface area contributed by atoms with Gasteiger partial charge in [0.15, 0.2) is 0 Å². The van der Waals surface area contributed by atoms with Crippen LogP contribution >= 0.6 is 0 Å². The van der Waals surface area contributed by atoms with Gasteiger partial charge in [-0.25, -0.2) is 4.98 Å². The number of aryl methyl sites for hydroxylation is 2. The van der Waals surface area contributed by atoms with Gasteiger partial charge in [-0.1, -0.05) is 49.1 Å². The maximum atomic E-state index is 12.4. The highest BCUT2D eigenvalue weighted by atomic mass is 16.4. The number of hydrogen-bond donors (Lipinski definition) is 1. The smallest absolute Gasteiger partial charge is 0.320 e. The van der Waals surface area contributed by atoms with Crippen LogP contribution in [0.25, 0.3) is 5.65 Å². The highest BCUT2D eigenvalue weighted by Gasteiger charge is 2.41. The molecule has 3 fully saturated rings. The summed E-state index contributed by atoms with van der Waals surface area (Å²) in [5.74, 6) is 1.34. The Kier molecular flexibility index (Phi) is 7.28. The number of piperidine rings is 1. The van der Waals surface area contributed by atoms with Crippen molar-refractivity contribution in [3.05, 3.63) is 71.2 Å². The number of benzene rings is 1. The number of imidazole rings is 1. The monoisotopic (exact) mass is 514 g/mol. The molecule has 1 N–H and O–H groups in total. The molecule has 0 amide bonds. The Morgan fingerprint density at radius 1 is 1.05 bits per heavy atom. The zero-order chi connectivity index (χ0) is 26.2. The fourth-order valence-corrected chi connectivity index (χ4v) is 7.22. The number of fused-ring (bicyclic) bond motifs is 1. The summed E-state index contributed by atoms with van der Waals surface area (Å²) in [6, 6.07) is 12.9. The van der Waals surface area contributed by atoms with E-state index >= 15 is 0 Å². The van der Waals surface area contributed by atoms with Crippen LogP contribution in [0, 0.1) is 25.7 Å². The first-order valence-corrected chi connectivity index (χ1v) is 14.6. The summed E-state index contributed by atoms with van der Waals surface area (Å²) < 4.78 is 2.27. The molecule has 1 aliphatic carbocycles. The van der Waals surface area contributed by atoms with Crippen LogP contribution in [0.3, 0.4) is 0 Å². The number of aliphatic carboxylic acids is 1. The molecule has 6 rings (SSSR count). The van der Waals surface area contributed by atoms with Crippen LogP contribution in [0.4, 0.5) is 0 Å². The third kappa shape index (κ3) is 5.26. The van der Waals surface area contributed by atoms with E-state index in [9.17, 15) is 9.90 Å². The first-order chi connectivity index (χ1) is 18.4. The zero-order valence-electron chi connectivity index (χ0n) is 22.9. The predicted octanol–water partition coefficient (Wildman–Crippen LogP) is 5.49. The second-order valence-electron chi connectivity index (χ2n) is 12.3. The van der Waals surface area contributed by atoms with Crippen LogP contribution in [-0.4, -0.2) is 69.0 Å². The van der Waals surface area contributed by atoms with Crippen LogP contribution in [0.1, 0.15) is 72.7 Å². The van der Waals surface area contributed by atoms with E-state index in [1.54, 1.807) is 0 Å². The van der Waals surface area contributed by atoms with Gasteiger partial charge in [0, 0.05) is 49.6 Å². The molecule has 202 valence electrons. The first-order valence-electron chi connectivity index (χ1n) is 14.6. The molecule has 3 aromatic rings. The molecule has 0 unspecified atom stereocenters. The van der Waals surface area contributed by atoms with Crippen LogP contribution in [0.15, 0.2) is 48.8 Å². The van der Waals surface area contributed by atoms with Gasteiger partial charge in [-0.2, -0.15) is 0 Å². The molecule has 4 heterocycles. The fraction of sp³-hybridized carbons (Fsp3) is 0.562. The molecule has 0 bridgehead atoms. The number of hydrogen-bond acceptors (Lipinski definition) is 4. The Labute approximate surface area is 226 Å². The van der Waals surface area contributed by atoms with E-state index in [0.717, 1.165) is 57.6 Å². The van der Waals surface area contributed by atoms with Crippen LogP contribution < -0.4 is 0 Å². The molecule has 1 saturated carbocycles. The second kappa shape index (κ2) is 10.8. The average Bonchev–Trinajstić information content (AvgIpc) is 3.47. The van der Waals surface area contributed by atoms with Crippen molar-refractivity contribution in [3.8, 4) is 0 Å². The molecule has 6 heteroatoms. The van der Waals surface area contributed by atoms with Gasteiger partial charge in [0.1, 0.15) is 11.7 Å². The lowest BCUT2D eigenvalue weighted by Gasteiger charge is -2.35. The predicted molar refractivity (Wildman–Crippen MR) is 151 cm³/mol. The van der Waals surface area contributed by atoms with E-state index in [0.29, 0.717) is 23.7 Å². The van der Waals surface area contributed by atoms with Gasteiger partial charge in [-0.05, 0) is 81.3 Å². The lowest BCUT2D eigenvalue weighted by molar-refractivity contribution is -0.144. The molecule has 6 nitrogen and oxygen atoms in total. The van der Waals surface area contributed by atoms with E-state index in [4.69, 9.17) is 0 Å². The maximum Gasteiger partial charge on any atom is 0.320 e. The number of likely N-dealkylation sites (tertiary alicyclic amines) is 2. The van der Waals surface area contributed by atoms with Crippen LogP contribution in [0.2, 0.25) is 0 Å². The molecule has 2 aromatic heterocycles. The number of pyridine rings is 1. The Hall–Kier alpha value is -2.70. The van der Waals surface area contributed by atoms with Gasteiger partial charge >= 0.3 is 5.97 Å². The highest BCUT2D eigenvalue weighted by Crippen LogP contribution is 2.39. The molecule has 0 spiro atoms. The number of carbonyl (C=O) groups is 1. The first kappa shape index (κ1) is 25.6. The molecular formula is C32H42N4O2. The fourth-order valence-electron chi connectivity index (χ4n) is 7.22. The SMILES string of the molecule is Cc1cccc([C@H]2CN([C@H](CC3CCC3)C(=O)O)C[C@@H]2CN2CCC(c3cnc4cc(C)ccn34)CC2)c1. The summed E-state index contributed by atoms with van der Waals surface area (Å²) in [7, 11) is 0. The molecular weight excluding hydrogens is 472 g/mol. The summed E-state index contributed by atoms with van der Waals surface area (Å²) in [6.45, 7) is 9.24. The van der Waals surface area contributed by atoms with Gasteiger partial charge in [-0.15, -0.1) is 0 Å². The molecule has 2 aliphatic heterocycles. The normalized spacial score (nSPS) is 24.6. The van der Waals surface area contributed by atoms with Gasteiger partial charge in [-0.3, -0.25) is 9.69 Å². The molecule has 38 heavy (non-hydrogen) atoms. The minimum absolute atomic E-state index is 0.345. The van der Waals surface area contributed by atoms with Gasteiger partial charge in [0.25, 0.3) is 0 Å². The third-order valence-electron chi connectivity index (χ3n) is 9.64. The van der Waals surface area contributed by atoms with E-state index in [1.807, 2.05) is 0 Å². The van der Waals surface area contributed by atoms with Crippen molar-refractivity contribution in [2.45, 2.75) is 70.3 Å². The summed E-state index contributed by atoms with van der Waals surface area (Å²) in [5, 5.41) is 10.2. The topological polar surface area (TPSA) is 61.1 Å². The number of carboxylic acids is 1. The molecule has 2 saturated heterocycles. The quantitative estimate of drug-likeness (QED) is 0.431. The summed E-state index contributed by atoms with van der Waals surface area (Å²) in [6.07, 6.45) is 11.0. The minimum atomic E-state index is -0.635. The lowest BCUT2D eigenvalue weighted by atomic mass is 9.80. The Morgan fingerprint density at radius 2 is 1.84 bits per heavy atom. The second-order valence-corrected chi connectivity index (χ2v) is 12.3. The van der Waals surface area contributed by atoms with Gasteiger partial charge < -0.3 is 14.4 Å². The van der Waals surface area contributed by atoms with E-state index in [2.05, 4.69) is 81.8 Å². The summed E-state index contributed by atoms with van der Waals surface area (Å²) >= 11 is 0. The molecule has 3 aliphatic rings. The Balaban J connectivity index is 1.15. The van der Waals surface area contributed by atoms with Crippen molar-refractivity contribution in [3.63, 3.8) is 0 Å². The Morgan fingerprint density at radius 3 is 2.55 bits per heavy atom. The maximum absolute atomic E-state index is 12.4. The molecule has 0 radical (unpaired) electrons. The zero-order valence-corrected chi connectivity index (χ0v) is 22.9. The molecule has 3 atom stereocenters. The number of carboxylic acid groups (broad SMARTS) is 1. The minimum Gasteiger partial charge on any atom is -0.480 e. The van der Waals surface area contributed by atoms with Crippen molar-refractivity contribution >= 4 is 11.6 Å². The van der Waals surface area contributed by atoms with Gasteiger partial charge in [0.2, 0.25) is 0 Å². The standard InChI is InChI=1S/C32H42N4O2/c1-22-5-3-8-26(15-22)28-21-35(29(32(37)38)17-24-6-4-7-24)20-27(28)19-34-12-10-25(11-13-34)30-18-33-31-16-23(2)9-14-36(30)31/h3,5,8-9,14-16,18,24-25,27-29H,4,6-7,10-13,17,19-21H2,1-2H3,(H,37,38)/t27-,28+,29+/m0/s1. The van der Waals surface area contributed by atoms with E-state index in [1.165, 1.54) is 41.6 Å². The van der Waals surface area contributed by atoms with Crippen molar-refractivity contribution in [1.82, 2.24) is 19.2 Å². The third-order valence-corrected chi connectivity index (χ3v) is 9.64. The van der Waals surface area contributed by atoms with Crippen molar-refractivity contribution in [2.75, 3.05) is 32.7 Å². The van der Waals surface area contributed by atoms with Crippen LogP contribution in [-0.2, 0) is 4.79 Å². The van der Waals surface area contributed by atoms with Crippen molar-refractivity contribution in [2.24, 2.45) is 11.8 Å². The van der Waals surface area contributed by atoms with Crippen LogP contribution in [0.5, 0.6) is 0 Å². The van der Waals surface area contributed by atoms with Crippen molar-refractivity contribution in [1.29, 1.82) is 0 Å². The summed E-state index contributed by atoms with van der Waals surface area (Å²) in [5.41, 5.74) is 6.29. The number of nitrogens with zero attached hydrogens (tertiary/aromatic N) is 4. The summed E-state index contributed by atoms with van der Waals surface area (Å²) in [4.78, 5) is 22.0. The van der Waals surface area contributed by atoms with Crippen molar-refractivity contribution < 1.29 is 9.90 Å². The van der Waals surface area contributed by atoms with E-state index < -0.39 is 5.97 Å². The van der Waals surface area contributed by atoms with E-state index in [-0.39, 0.29) is 6.04 Å². The Bertz CT molecular complexity index is 1270. The number of rotatable bonds is 8. The average molecular weight is 515 g/mol.